The lowest BCUT2D eigenvalue weighted by molar-refractivity contribution is -0.128. The van der Waals surface area contributed by atoms with E-state index in [0.717, 1.165) is 28.9 Å². The Kier molecular flexibility index (Phi) is 7.02. The van der Waals surface area contributed by atoms with Gasteiger partial charge in [-0.05, 0) is 49.7 Å². The molecule has 2 heterocycles. The molecule has 9 heteroatoms. The fraction of sp³-hybridized carbons (Fsp3) is 0.200. The zero-order chi connectivity index (χ0) is 24.2. The van der Waals surface area contributed by atoms with Crippen LogP contribution in [-0.4, -0.2) is 32.1 Å². The van der Waals surface area contributed by atoms with Gasteiger partial charge < -0.3 is 5.32 Å². The lowest BCUT2D eigenvalue weighted by atomic mass is 10.1. The van der Waals surface area contributed by atoms with Gasteiger partial charge in [0.25, 0.3) is 0 Å². The summed E-state index contributed by atoms with van der Waals surface area (Å²) in [6.07, 6.45) is 1.46. The van der Waals surface area contributed by atoms with E-state index in [1.165, 1.54) is 16.7 Å². The molecule has 0 aliphatic carbocycles. The van der Waals surface area contributed by atoms with E-state index in [2.05, 4.69) is 10.3 Å². The van der Waals surface area contributed by atoms with E-state index in [0.29, 0.717) is 16.9 Å². The highest BCUT2D eigenvalue weighted by atomic mass is 32.2. The third kappa shape index (κ3) is 5.48. The molecule has 1 aliphatic heterocycles. The van der Waals surface area contributed by atoms with Crippen LogP contribution in [0.15, 0.2) is 65.8 Å². The van der Waals surface area contributed by atoms with Crippen molar-refractivity contribution >= 4 is 40.1 Å². The number of benzene rings is 2. The molecule has 1 atom stereocenters. The smallest absolute Gasteiger partial charge is 0.243 e. The Morgan fingerprint density at radius 1 is 1.15 bits per heavy atom. The van der Waals surface area contributed by atoms with Crippen molar-refractivity contribution in [3.8, 4) is 0 Å². The Bertz CT molecular complexity index is 1270. The van der Waals surface area contributed by atoms with Crippen LogP contribution in [0, 0.1) is 25.5 Å². The van der Waals surface area contributed by atoms with Gasteiger partial charge >= 0.3 is 0 Å². The number of aliphatic imine (C=N–C) groups is 1. The van der Waals surface area contributed by atoms with Gasteiger partial charge in [0.05, 0.1) is 23.6 Å². The SMILES string of the molecule is Cc1ccc(N=C2SC(CC(=O)Nc3ccc(F)cc3F)C(=O)N2Cc2ccccn2)c(C)c1. The number of pyridine rings is 1. The number of rotatable bonds is 6. The molecule has 1 aliphatic rings. The number of amidine groups is 1. The maximum Gasteiger partial charge on any atom is 0.243 e. The number of aromatic nitrogens is 1. The van der Waals surface area contributed by atoms with Crippen LogP contribution in [0.1, 0.15) is 23.2 Å². The van der Waals surface area contributed by atoms with Crippen LogP contribution in [0.2, 0.25) is 0 Å². The minimum atomic E-state index is -0.882. The number of halogens is 2. The second-order valence-electron chi connectivity index (χ2n) is 7.91. The number of hydrogen-bond donors (Lipinski definition) is 1. The number of thioether (sulfide) groups is 1. The van der Waals surface area contributed by atoms with Crippen molar-refractivity contribution in [1.29, 1.82) is 0 Å². The summed E-state index contributed by atoms with van der Waals surface area (Å²) in [5, 5.41) is 2.14. The molecular weight excluding hydrogens is 458 g/mol. The summed E-state index contributed by atoms with van der Waals surface area (Å²) in [7, 11) is 0. The minimum Gasteiger partial charge on any atom is -0.324 e. The molecular formula is C25H22F2N4O2S. The standard InChI is InChI=1S/C25H22F2N4O2S/c1-15-6-8-20(16(2)11-15)30-25-31(14-18-5-3-4-10-28-18)24(33)22(34-25)13-23(32)29-21-9-7-17(26)12-19(21)27/h3-12,22H,13-14H2,1-2H3,(H,29,32). The number of nitrogens with zero attached hydrogens (tertiary/aromatic N) is 3. The molecule has 174 valence electrons. The summed E-state index contributed by atoms with van der Waals surface area (Å²) in [5.74, 6) is -2.46. The van der Waals surface area contributed by atoms with Crippen molar-refractivity contribution in [2.75, 3.05) is 5.32 Å². The predicted octanol–water partition coefficient (Wildman–Crippen LogP) is 5.14. The molecule has 0 spiro atoms. The Labute approximate surface area is 200 Å². The van der Waals surface area contributed by atoms with Crippen LogP contribution < -0.4 is 5.32 Å². The molecule has 1 N–H and O–H groups in total. The second-order valence-corrected chi connectivity index (χ2v) is 9.08. The first-order valence-electron chi connectivity index (χ1n) is 10.6. The molecule has 2 aromatic carbocycles. The third-order valence-electron chi connectivity index (χ3n) is 5.21. The lowest BCUT2D eigenvalue weighted by Gasteiger charge is -2.16. The van der Waals surface area contributed by atoms with Crippen LogP contribution in [0.3, 0.4) is 0 Å². The van der Waals surface area contributed by atoms with Crippen LogP contribution in [0.5, 0.6) is 0 Å². The molecule has 1 unspecified atom stereocenters. The van der Waals surface area contributed by atoms with Gasteiger partial charge in [0.1, 0.15) is 16.9 Å². The maximum atomic E-state index is 13.9. The van der Waals surface area contributed by atoms with Gasteiger partial charge in [-0.1, -0.05) is 35.5 Å². The molecule has 6 nitrogen and oxygen atoms in total. The minimum absolute atomic E-state index is 0.142. The Morgan fingerprint density at radius 2 is 1.97 bits per heavy atom. The quantitative estimate of drug-likeness (QED) is 0.530. The highest BCUT2D eigenvalue weighted by Gasteiger charge is 2.39. The molecule has 0 radical (unpaired) electrons. The zero-order valence-corrected chi connectivity index (χ0v) is 19.4. The highest BCUT2D eigenvalue weighted by molar-refractivity contribution is 8.15. The van der Waals surface area contributed by atoms with Crippen LogP contribution >= 0.6 is 11.8 Å². The van der Waals surface area contributed by atoms with Gasteiger partial charge in [-0.2, -0.15) is 0 Å². The summed E-state index contributed by atoms with van der Waals surface area (Å²) in [5.41, 5.74) is 3.33. The summed E-state index contributed by atoms with van der Waals surface area (Å²) >= 11 is 1.18. The molecule has 34 heavy (non-hydrogen) atoms. The van der Waals surface area contributed by atoms with E-state index in [9.17, 15) is 18.4 Å². The number of aryl methyl sites for hydroxylation is 2. The molecule has 0 bridgehead atoms. The summed E-state index contributed by atoms with van der Waals surface area (Å²) in [4.78, 5) is 36.3. The number of nitrogens with one attached hydrogen (secondary N) is 1. The van der Waals surface area contributed by atoms with Gasteiger partial charge in [0.15, 0.2) is 5.17 Å². The molecule has 4 rings (SSSR count). The first-order chi connectivity index (χ1) is 16.3. The molecule has 2 amide bonds. The average Bonchev–Trinajstić information content (AvgIpc) is 3.07. The van der Waals surface area contributed by atoms with E-state index in [4.69, 9.17) is 4.99 Å². The summed E-state index contributed by atoms with van der Waals surface area (Å²) in [6, 6.07) is 14.2. The van der Waals surface area contributed by atoms with E-state index in [1.54, 1.807) is 12.3 Å². The van der Waals surface area contributed by atoms with Crippen molar-refractivity contribution in [1.82, 2.24) is 9.88 Å². The number of hydrogen-bond acceptors (Lipinski definition) is 5. The van der Waals surface area contributed by atoms with Crippen molar-refractivity contribution in [2.45, 2.75) is 32.1 Å². The van der Waals surface area contributed by atoms with Crippen LogP contribution in [-0.2, 0) is 16.1 Å². The molecule has 0 saturated carbocycles. The summed E-state index contributed by atoms with van der Waals surface area (Å²) in [6.45, 7) is 4.14. The average molecular weight is 481 g/mol. The number of carbonyl (C=O) groups excluding carboxylic acids is 2. The van der Waals surface area contributed by atoms with Crippen molar-refractivity contribution in [3.05, 3.63) is 89.2 Å². The van der Waals surface area contributed by atoms with Crippen molar-refractivity contribution < 1.29 is 18.4 Å². The topological polar surface area (TPSA) is 74.7 Å². The zero-order valence-electron chi connectivity index (χ0n) is 18.6. The lowest BCUT2D eigenvalue weighted by Crippen LogP contribution is -2.33. The van der Waals surface area contributed by atoms with Gasteiger partial charge in [0.2, 0.25) is 11.8 Å². The first-order valence-corrected chi connectivity index (χ1v) is 11.5. The second kappa shape index (κ2) is 10.1. The van der Waals surface area contributed by atoms with Crippen LogP contribution in [0.25, 0.3) is 0 Å². The third-order valence-corrected chi connectivity index (χ3v) is 6.39. The van der Waals surface area contributed by atoms with Gasteiger partial charge in [-0.3, -0.25) is 19.5 Å². The number of anilines is 1. The normalized spacial score (nSPS) is 16.8. The largest absolute Gasteiger partial charge is 0.324 e. The van der Waals surface area contributed by atoms with E-state index in [-0.39, 0.29) is 24.6 Å². The molecule has 1 fully saturated rings. The fourth-order valence-electron chi connectivity index (χ4n) is 3.52. The maximum absolute atomic E-state index is 13.9. The number of amides is 2. The molecule has 1 saturated heterocycles. The molecule has 1 aromatic heterocycles. The van der Waals surface area contributed by atoms with Crippen molar-refractivity contribution in [2.24, 2.45) is 4.99 Å². The van der Waals surface area contributed by atoms with Gasteiger partial charge in [-0.15, -0.1) is 0 Å². The first kappa shape index (κ1) is 23.6. The van der Waals surface area contributed by atoms with E-state index < -0.39 is 22.8 Å². The van der Waals surface area contributed by atoms with Gasteiger partial charge in [0, 0.05) is 18.7 Å². The Hall–Kier alpha value is -3.59. The van der Waals surface area contributed by atoms with Gasteiger partial charge in [-0.25, -0.2) is 13.8 Å². The Morgan fingerprint density at radius 3 is 2.68 bits per heavy atom. The van der Waals surface area contributed by atoms with E-state index >= 15 is 0 Å². The Balaban J connectivity index is 1.57. The summed E-state index contributed by atoms with van der Waals surface area (Å²) < 4.78 is 27.0. The molecule has 3 aromatic rings. The fourth-order valence-corrected chi connectivity index (χ4v) is 4.67. The van der Waals surface area contributed by atoms with E-state index in [1.807, 2.05) is 44.2 Å². The monoisotopic (exact) mass is 480 g/mol. The number of carbonyl (C=O) groups is 2. The predicted molar refractivity (Wildman–Crippen MR) is 129 cm³/mol. The van der Waals surface area contributed by atoms with Crippen molar-refractivity contribution in [3.63, 3.8) is 0 Å². The van der Waals surface area contributed by atoms with Crippen LogP contribution in [0.4, 0.5) is 20.2 Å². The highest BCUT2D eigenvalue weighted by Crippen LogP contribution is 2.34.